The molecule has 3 nitrogen and oxygen atoms in total. The van der Waals surface area contributed by atoms with Crippen molar-refractivity contribution in [3.8, 4) is 0 Å². The fourth-order valence-corrected chi connectivity index (χ4v) is 1.40. The smallest absolute Gasteiger partial charge is 0.0363 e. The van der Waals surface area contributed by atoms with Crippen LogP contribution < -0.4 is 11.2 Å². The van der Waals surface area contributed by atoms with Crippen molar-refractivity contribution in [1.29, 1.82) is 0 Å². The maximum Gasteiger partial charge on any atom is 0.0363 e. The summed E-state index contributed by atoms with van der Waals surface area (Å²) < 4.78 is 0. The third-order valence-electron chi connectivity index (χ3n) is 2.11. The first-order chi connectivity index (χ1) is 5.61. The van der Waals surface area contributed by atoms with E-state index in [4.69, 9.17) is 5.73 Å². The number of hydrogen-bond donors (Lipinski definition) is 2. The molecule has 0 bridgehead atoms. The van der Waals surface area contributed by atoms with Crippen LogP contribution in [0.4, 0.5) is 0 Å². The summed E-state index contributed by atoms with van der Waals surface area (Å²) in [6.45, 7) is 5.16. The van der Waals surface area contributed by atoms with Crippen LogP contribution in [-0.4, -0.2) is 31.7 Å². The average Bonchev–Trinajstić information content (AvgIpc) is 2.00. The van der Waals surface area contributed by atoms with Gasteiger partial charge in [-0.25, -0.2) is 0 Å². The Balaban J connectivity index is 3.78. The molecule has 0 aromatic carbocycles. The third kappa shape index (κ3) is 4.70. The van der Waals surface area contributed by atoms with Gasteiger partial charge in [0.05, 0.1) is 0 Å². The molecule has 0 heterocycles. The van der Waals surface area contributed by atoms with E-state index in [1.165, 1.54) is 12.8 Å². The van der Waals surface area contributed by atoms with Crippen LogP contribution >= 0.6 is 0 Å². The Labute approximate surface area is 76.3 Å². The summed E-state index contributed by atoms with van der Waals surface area (Å²) in [5.41, 5.74) is 8.99. The number of nitrogens with two attached hydrogens (primary N) is 1. The molecule has 0 aliphatic rings. The first-order valence-electron chi connectivity index (χ1n) is 4.75. The lowest BCUT2D eigenvalue weighted by molar-refractivity contribution is 0.200. The fourth-order valence-electron chi connectivity index (χ4n) is 1.40. The van der Waals surface area contributed by atoms with Crippen molar-refractivity contribution in [3.05, 3.63) is 0 Å². The molecule has 12 heavy (non-hydrogen) atoms. The highest BCUT2D eigenvalue weighted by Crippen LogP contribution is 2.09. The lowest BCUT2D eigenvalue weighted by atomic mass is 9.97. The second kappa shape index (κ2) is 6.40. The van der Waals surface area contributed by atoms with Crippen molar-refractivity contribution in [3.63, 3.8) is 0 Å². The SMILES string of the molecule is CCCC(C)C(CN)NN(C)C. The molecule has 0 saturated carbocycles. The first-order valence-corrected chi connectivity index (χ1v) is 4.75. The predicted octanol–water partition coefficient (Wildman–Crippen LogP) is 0.816. The number of rotatable bonds is 6. The van der Waals surface area contributed by atoms with E-state index < -0.39 is 0 Å². The summed E-state index contributed by atoms with van der Waals surface area (Å²) in [6.07, 6.45) is 2.47. The van der Waals surface area contributed by atoms with E-state index in [9.17, 15) is 0 Å². The molecule has 0 fully saturated rings. The van der Waals surface area contributed by atoms with E-state index in [0.29, 0.717) is 18.5 Å². The maximum absolute atomic E-state index is 5.66. The summed E-state index contributed by atoms with van der Waals surface area (Å²) >= 11 is 0. The molecule has 0 radical (unpaired) electrons. The molecule has 0 aliphatic carbocycles. The lowest BCUT2D eigenvalue weighted by Crippen LogP contribution is -2.47. The van der Waals surface area contributed by atoms with Gasteiger partial charge in [-0.15, -0.1) is 0 Å². The predicted molar refractivity (Wildman–Crippen MR) is 53.7 cm³/mol. The first kappa shape index (κ1) is 11.9. The van der Waals surface area contributed by atoms with Gasteiger partial charge < -0.3 is 5.73 Å². The van der Waals surface area contributed by atoms with E-state index in [1.54, 1.807) is 0 Å². The van der Waals surface area contributed by atoms with E-state index in [-0.39, 0.29) is 0 Å². The summed E-state index contributed by atoms with van der Waals surface area (Å²) in [4.78, 5) is 0. The zero-order valence-corrected chi connectivity index (χ0v) is 8.80. The quantitative estimate of drug-likeness (QED) is 0.584. The highest BCUT2D eigenvalue weighted by molar-refractivity contribution is 4.71. The molecule has 0 saturated heterocycles. The minimum Gasteiger partial charge on any atom is -0.329 e. The van der Waals surface area contributed by atoms with Crippen molar-refractivity contribution in [2.24, 2.45) is 11.7 Å². The van der Waals surface area contributed by atoms with Gasteiger partial charge in [0.25, 0.3) is 0 Å². The molecule has 0 aliphatic heterocycles. The molecule has 0 spiro atoms. The highest BCUT2D eigenvalue weighted by Gasteiger charge is 2.14. The van der Waals surface area contributed by atoms with Gasteiger partial charge in [-0.2, -0.15) is 0 Å². The van der Waals surface area contributed by atoms with Gasteiger partial charge in [-0.1, -0.05) is 20.3 Å². The highest BCUT2D eigenvalue weighted by atomic mass is 15.5. The van der Waals surface area contributed by atoms with Gasteiger partial charge in [0.1, 0.15) is 0 Å². The summed E-state index contributed by atoms with van der Waals surface area (Å²) in [5.74, 6) is 0.655. The molecule has 0 aromatic heterocycles. The summed E-state index contributed by atoms with van der Waals surface area (Å²) in [6, 6.07) is 0.417. The Morgan fingerprint density at radius 1 is 1.42 bits per heavy atom. The van der Waals surface area contributed by atoms with Gasteiger partial charge in [-0.05, 0) is 12.3 Å². The molecule has 0 rings (SSSR count). The molecular formula is C9H23N3. The second-order valence-corrected chi connectivity index (χ2v) is 3.63. The minimum atomic E-state index is 0.417. The van der Waals surface area contributed by atoms with Crippen LogP contribution in [0.2, 0.25) is 0 Å². The van der Waals surface area contributed by atoms with Crippen LogP contribution in [0.5, 0.6) is 0 Å². The molecule has 3 heteroatoms. The molecule has 0 aromatic rings. The monoisotopic (exact) mass is 173 g/mol. The summed E-state index contributed by atoms with van der Waals surface area (Å²) in [5, 5.41) is 1.98. The zero-order valence-electron chi connectivity index (χ0n) is 8.80. The van der Waals surface area contributed by atoms with Gasteiger partial charge in [-0.3, -0.25) is 10.4 Å². The molecule has 2 atom stereocenters. The van der Waals surface area contributed by atoms with Gasteiger partial charge in [0.15, 0.2) is 0 Å². The van der Waals surface area contributed by atoms with Crippen LogP contribution in [0, 0.1) is 5.92 Å². The minimum absolute atomic E-state index is 0.417. The molecule has 74 valence electrons. The van der Waals surface area contributed by atoms with Crippen molar-refractivity contribution in [2.75, 3.05) is 20.6 Å². The van der Waals surface area contributed by atoms with Crippen LogP contribution in [0.25, 0.3) is 0 Å². The van der Waals surface area contributed by atoms with E-state index in [1.807, 2.05) is 19.1 Å². The molecule has 3 N–H and O–H groups in total. The summed E-state index contributed by atoms with van der Waals surface area (Å²) in [7, 11) is 4.00. The maximum atomic E-state index is 5.66. The van der Waals surface area contributed by atoms with Crippen LogP contribution in [0.15, 0.2) is 0 Å². The van der Waals surface area contributed by atoms with Crippen LogP contribution in [0.3, 0.4) is 0 Å². The van der Waals surface area contributed by atoms with Crippen molar-refractivity contribution in [2.45, 2.75) is 32.7 Å². The Bertz CT molecular complexity index is 104. The van der Waals surface area contributed by atoms with E-state index in [0.717, 1.165) is 0 Å². The Kier molecular flexibility index (Phi) is 6.34. The molecular weight excluding hydrogens is 150 g/mol. The van der Waals surface area contributed by atoms with Crippen molar-refractivity contribution >= 4 is 0 Å². The van der Waals surface area contributed by atoms with E-state index in [2.05, 4.69) is 19.3 Å². The molecule has 0 amide bonds. The topological polar surface area (TPSA) is 41.3 Å². The van der Waals surface area contributed by atoms with Crippen molar-refractivity contribution in [1.82, 2.24) is 10.4 Å². The number of hydrogen-bond acceptors (Lipinski definition) is 3. The Morgan fingerprint density at radius 3 is 2.33 bits per heavy atom. The standard InChI is InChI=1S/C9H23N3/c1-5-6-8(2)9(7-10)11-12(3)4/h8-9,11H,5-7,10H2,1-4H3. The van der Waals surface area contributed by atoms with Crippen molar-refractivity contribution < 1.29 is 0 Å². The normalized spacial score (nSPS) is 16.5. The lowest BCUT2D eigenvalue weighted by Gasteiger charge is -2.26. The largest absolute Gasteiger partial charge is 0.329 e. The third-order valence-corrected chi connectivity index (χ3v) is 2.11. The van der Waals surface area contributed by atoms with E-state index >= 15 is 0 Å². The number of hydrazine groups is 1. The Hall–Kier alpha value is -0.120. The van der Waals surface area contributed by atoms with Crippen LogP contribution in [-0.2, 0) is 0 Å². The number of nitrogens with zero attached hydrogens (tertiary/aromatic N) is 1. The second-order valence-electron chi connectivity index (χ2n) is 3.63. The molecule has 2 unspecified atom stereocenters. The average molecular weight is 173 g/mol. The Morgan fingerprint density at radius 2 is 2.00 bits per heavy atom. The van der Waals surface area contributed by atoms with Crippen LogP contribution in [0.1, 0.15) is 26.7 Å². The zero-order chi connectivity index (χ0) is 9.56. The van der Waals surface area contributed by atoms with Gasteiger partial charge in [0, 0.05) is 26.7 Å². The van der Waals surface area contributed by atoms with Gasteiger partial charge in [0.2, 0.25) is 0 Å². The fraction of sp³-hybridized carbons (Fsp3) is 1.00. The van der Waals surface area contributed by atoms with Gasteiger partial charge >= 0.3 is 0 Å². The number of nitrogens with one attached hydrogen (secondary N) is 1.